The van der Waals surface area contributed by atoms with Crippen molar-refractivity contribution in [1.29, 1.82) is 0 Å². The van der Waals surface area contributed by atoms with Crippen molar-refractivity contribution in [3.63, 3.8) is 0 Å². The number of urea groups is 1. The number of fused-ring (bicyclic) bond motifs is 2. The van der Waals surface area contributed by atoms with Crippen LogP contribution in [0.25, 0.3) is 0 Å². The highest BCUT2D eigenvalue weighted by molar-refractivity contribution is 7.10. The molecule has 2 aliphatic heterocycles. The lowest BCUT2D eigenvalue weighted by Gasteiger charge is -2.31. The highest BCUT2D eigenvalue weighted by Gasteiger charge is 2.54. The van der Waals surface area contributed by atoms with E-state index in [2.05, 4.69) is 10.6 Å². The van der Waals surface area contributed by atoms with Gasteiger partial charge in [-0.15, -0.1) is 11.3 Å². The number of rotatable bonds is 4. The second-order valence-electron chi connectivity index (χ2n) is 6.78. The molecule has 1 spiro atoms. The third kappa shape index (κ3) is 2.83. The van der Waals surface area contributed by atoms with Crippen LogP contribution in [0.3, 0.4) is 0 Å². The van der Waals surface area contributed by atoms with Crippen molar-refractivity contribution in [3.8, 4) is 0 Å². The Bertz CT molecular complexity index is 713. The molecule has 0 radical (unpaired) electrons. The fourth-order valence-corrected chi connectivity index (χ4v) is 4.92. The van der Waals surface area contributed by atoms with Gasteiger partial charge in [0.15, 0.2) is 0 Å². The molecule has 7 nitrogen and oxygen atoms in total. The van der Waals surface area contributed by atoms with E-state index >= 15 is 0 Å². The maximum atomic E-state index is 13.0. The molecule has 4 rings (SSSR count). The number of nitrogens with one attached hydrogen (secondary N) is 2. The Morgan fingerprint density at radius 3 is 3.12 bits per heavy atom. The largest absolute Gasteiger partial charge is 0.376 e. The lowest BCUT2D eigenvalue weighted by atomic mass is 9.80. The number of aryl methyl sites for hydroxylation is 1. The zero-order chi connectivity index (χ0) is 17.4. The summed E-state index contributed by atoms with van der Waals surface area (Å²) in [5, 5.41) is 7.57. The second-order valence-corrected chi connectivity index (χ2v) is 7.78. The molecule has 4 amide bonds. The van der Waals surface area contributed by atoms with Crippen molar-refractivity contribution in [1.82, 2.24) is 15.5 Å². The van der Waals surface area contributed by atoms with E-state index in [9.17, 15) is 14.4 Å². The monoisotopic (exact) mass is 363 g/mol. The molecule has 1 aromatic heterocycles. The predicted octanol–water partition coefficient (Wildman–Crippen LogP) is 1.13. The molecule has 0 aromatic carbocycles. The van der Waals surface area contributed by atoms with Gasteiger partial charge in [-0.2, -0.15) is 0 Å². The zero-order valence-corrected chi connectivity index (χ0v) is 14.7. The Morgan fingerprint density at radius 1 is 1.44 bits per heavy atom. The average molecular weight is 363 g/mol. The minimum absolute atomic E-state index is 0.0325. The van der Waals surface area contributed by atoms with E-state index < -0.39 is 11.6 Å². The summed E-state index contributed by atoms with van der Waals surface area (Å²) < 4.78 is 5.46. The lowest BCUT2D eigenvalue weighted by molar-refractivity contribution is -0.135. The molecule has 2 N–H and O–H groups in total. The number of hydrogen-bond acceptors (Lipinski definition) is 5. The van der Waals surface area contributed by atoms with Crippen LogP contribution < -0.4 is 10.6 Å². The molecular weight excluding hydrogens is 342 g/mol. The first-order chi connectivity index (χ1) is 12.1. The summed E-state index contributed by atoms with van der Waals surface area (Å²) in [5.41, 5.74) is -0.0937. The van der Waals surface area contributed by atoms with E-state index in [4.69, 9.17) is 4.74 Å². The number of carbonyl (C=O) groups is 3. The fourth-order valence-electron chi connectivity index (χ4n) is 3.92. The molecule has 25 heavy (non-hydrogen) atoms. The van der Waals surface area contributed by atoms with Crippen molar-refractivity contribution in [2.45, 2.75) is 43.7 Å². The minimum atomic E-state index is -0.987. The van der Waals surface area contributed by atoms with Crippen LogP contribution in [0.5, 0.6) is 0 Å². The van der Waals surface area contributed by atoms with Gasteiger partial charge in [-0.05, 0) is 43.6 Å². The summed E-state index contributed by atoms with van der Waals surface area (Å²) in [7, 11) is 0. The van der Waals surface area contributed by atoms with Gasteiger partial charge in [0.05, 0.1) is 6.10 Å². The van der Waals surface area contributed by atoms with Crippen molar-refractivity contribution < 1.29 is 19.1 Å². The molecule has 8 heteroatoms. The minimum Gasteiger partial charge on any atom is -0.376 e. The molecule has 1 aromatic rings. The van der Waals surface area contributed by atoms with Crippen molar-refractivity contribution >= 4 is 29.2 Å². The van der Waals surface area contributed by atoms with Gasteiger partial charge in [-0.25, -0.2) is 4.79 Å². The van der Waals surface area contributed by atoms with Crippen LogP contribution in [0.15, 0.2) is 11.4 Å². The van der Waals surface area contributed by atoms with Crippen LogP contribution in [0.2, 0.25) is 0 Å². The smallest absolute Gasteiger partial charge is 0.325 e. The Hall–Kier alpha value is -1.93. The standard InChI is InChI=1S/C17H21N3O4S/c21-14(18-9-11-3-2-7-24-11)10-20-15(22)17(19-16(20)23)6-1-4-13-12(17)5-8-25-13/h5,8,11H,1-4,6-7,9-10H2,(H,18,21)(H,19,23)/t11-,17+/m1/s1. The Balaban J connectivity index is 1.44. The first kappa shape index (κ1) is 16.5. The van der Waals surface area contributed by atoms with E-state index in [0.717, 1.165) is 47.6 Å². The summed E-state index contributed by atoms with van der Waals surface area (Å²) in [6.45, 7) is 0.889. The molecule has 2 saturated heterocycles. The number of ether oxygens (including phenoxy) is 1. The quantitative estimate of drug-likeness (QED) is 0.785. The summed E-state index contributed by atoms with van der Waals surface area (Å²) >= 11 is 1.61. The van der Waals surface area contributed by atoms with Gasteiger partial charge in [0.2, 0.25) is 5.91 Å². The first-order valence-corrected chi connectivity index (χ1v) is 9.57. The van der Waals surface area contributed by atoms with Crippen LogP contribution >= 0.6 is 11.3 Å². The van der Waals surface area contributed by atoms with Crippen molar-refractivity contribution in [2.24, 2.45) is 0 Å². The highest BCUT2D eigenvalue weighted by Crippen LogP contribution is 2.41. The van der Waals surface area contributed by atoms with Gasteiger partial charge in [-0.1, -0.05) is 0 Å². The molecule has 1 aliphatic carbocycles. The molecule has 0 saturated carbocycles. The third-order valence-electron chi connectivity index (χ3n) is 5.19. The van der Waals surface area contributed by atoms with E-state index in [1.165, 1.54) is 0 Å². The average Bonchev–Trinajstić information content (AvgIpc) is 3.32. The number of nitrogens with zero attached hydrogens (tertiary/aromatic N) is 1. The van der Waals surface area contributed by atoms with Crippen LogP contribution in [-0.4, -0.2) is 48.5 Å². The van der Waals surface area contributed by atoms with Crippen LogP contribution in [-0.2, 0) is 26.3 Å². The van der Waals surface area contributed by atoms with Gasteiger partial charge in [-0.3, -0.25) is 14.5 Å². The summed E-state index contributed by atoms with van der Waals surface area (Å²) in [4.78, 5) is 39.7. The van der Waals surface area contributed by atoms with Crippen molar-refractivity contribution in [2.75, 3.05) is 19.7 Å². The number of amides is 4. The molecule has 134 valence electrons. The molecule has 3 aliphatic rings. The van der Waals surface area contributed by atoms with Gasteiger partial charge >= 0.3 is 6.03 Å². The van der Waals surface area contributed by atoms with Gasteiger partial charge in [0, 0.05) is 23.6 Å². The van der Waals surface area contributed by atoms with Crippen LogP contribution in [0.1, 0.15) is 36.1 Å². The van der Waals surface area contributed by atoms with Crippen LogP contribution in [0.4, 0.5) is 4.79 Å². The molecule has 2 atom stereocenters. The van der Waals surface area contributed by atoms with E-state index in [-0.39, 0.29) is 24.5 Å². The van der Waals surface area contributed by atoms with Crippen LogP contribution in [0, 0.1) is 0 Å². The fraction of sp³-hybridized carbons (Fsp3) is 0.588. The van der Waals surface area contributed by atoms with Gasteiger partial charge in [0.25, 0.3) is 5.91 Å². The normalized spacial score (nSPS) is 28.3. The molecule has 2 fully saturated rings. The topological polar surface area (TPSA) is 87.7 Å². The maximum Gasteiger partial charge on any atom is 0.325 e. The number of thiophene rings is 1. The Labute approximate surface area is 149 Å². The third-order valence-corrected chi connectivity index (χ3v) is 6.17. The highest BCUT2D eigenvalue weighted by atomic mass is 32.1. The van der Waals surface area contributed by atoms with Gasteiger partial charge < -0.3 is 15.4 Å². The number of imide groups is 1. The SMILES string of the molecule is O=C(CN1C(=O)N[C@]2(CCCc3sccc32)C1=O)NC[C@H]1CCCO1. The zero-order valence-electron chi connectivity index (χ0n) is 13.9. The second kappa shape index (κ2) is 6.42. The maximum absolute atomic E-state index is 13.0. The Kier molecular flexibility index (Phi) is 4.24. The molecule has 0 bridgehead atoms. The number of hydrogen-bond donors (Lipinski definition) is 2. The summed E-state index contributed by atoms with van der Waals surface area (Å²) in [6, 6.07) is 1.43. The lowest BCUT2D eigenvalue weighted by Crippen LogP contribution is -2.47. The predicted molar refractivity (Wildman–Crippen MR) is 91.2 cm³/mol. The molecular formula is C17H21N3O4S. The van der Waals surface area contributed by atoms with E-state index in [1.807, 2.05) is 11.4 Å². The van der Waals surface area contributed by atoms with E-state index in [0.29, 0.717) is 13.0 Å². The first-order valence-electron chi connectivity index (χ1n) is 8.69. The number of carbonyl (C=O) groups excluding carboxylic acids is 3. The summed E-state index contributed by atoms with van der Waals surface area (Å²) in [6.07, 6.45) is 4.31. The van der Waals surface area contributed by atoms with Gasteiger partial charge in [0.1, 0.15) is 12.1 Å². The Morgan fingerprint density at radius 2 is 2.32 bits per heavy atom. The van der Waals surface area contributed by atoms with Crippen molar-refractivity contribution in [3.05, 3.63) is 21.9 Å². The molecule has 0 unspecified atom stereocenters. The van der Waals surface area contributed by atoms with E-state index in [1.54, 1.807) is 11.3 Å². The molecule has 3 heterocycles. The summed E-state index contributed by atoms with van der Waals surface area (Å²) in [5.74, 6) is -0.651.